The molecule has 0 aromatic heterocycles. The monoisotopic (exact) mass is 216 g/mol. The second-order valence-corrected chi connectivity index (χ2v) is 3.26. The van der Waals surface area contributed by atoms with Crippen LogP contribution in [-0.4, -0.2) is 37.2 Å². The molecule has 0 bridgehead atoms. The van der Waals surface area contributed by atoms with Crippen molar-refractivity contribution in [3.8, 4) is 0 Å². The molecule has 2 nitrogen and oxygen atoms in total. The van der Waals surface area contributed by atoms with Gasteiger partial charge in [-0.25, -0.2) is 0 Å². The van der Waals surface area contributed by atoms with Crippen molar-refractivity contribution in [3.63, 3.8) is 0 Å². The van der Waals surface area contributed by atoms with Gasteiger partial charge in [0.05, 0.1) is 12.4 Å². The van der Waals surface area contributed by atoms with Gasteiger partial charge < -0.3 is 4.74 Å². The van der Waals surface area contributed by atoms with Crippen molar-refractivity contribution in [1.82, 2.24) is 0 Å². The van der Waals surface area contributed by atoms with Crippen LogP contribution in [0.4, 0.5) is 13.2 Å². The van der Waals surface area contributed by atoms with Crippen molar-refractivity contribution in [2.45, 2.75) is 12.6 Å². The highest BCUT2D eigenvalue weighted by atomic mass is 32.2. The van der Waals surface area contributed by atoms with Crippen LogP contribution in [0.15, 0.2) is 0 Å². The molecule has 0 unspecified atom stereocenters. The van der Waals surface area contributed by atoms with Gasteiger partial charge in [0.25, 0.3) is 0 Å². The smallest absolute Gasteiger partial charge is 0.372 e. The average molecular weight is 216 g/mol. The maximum atomic E-state index is 11.5. The van der Waals surface area contributed by atoms with Crippen molar-refractivity contribution >= 4 is 17.5 Å². The number of ketones is 1. The Morgan fingerprint density at radius 2 is 2.08 bits per heavy atom. The summed E-state index contributed by atoms with van der Waals surface area (Å²) in [7, 11) is 0. The van der Waals surface area contributed by atoms with Gasteiger partial charge in [0.1, 0.15) is 12.4 Å². The summed E-state index contributed by atoms with van der Waals surface area (Å²) in [5.41, 5.74) is 0. The molecule has 6 heteroatoms. The van der Waals surface area contributed by atoms with Crippen LogP contribution < -0.4 is 0 Å². The van der Waals surface area contributed by atoms with Gasteiger partial charge in [0, 0.05) is 6.42 Å². The highest BCUT2D eigenvalue weighted by Crippen LogP contribution is 2.14. The van der Waals surface area contributed by atoms with Crippen LogP contribution in [0, 0.1) is 0 Å². The van der Waals surface area contributed by atoms with Gasteiger partial charge in [0.2, 0.25) is 0 Å². The first-order chi connectivity index (χ1) is 5.95. The molecule has 0 N–H and O–H groups in total. The third-order valence-electron chi connectivity index (χ3n) is 1.10. The van der Waals surface area contributed by atoms with Crippen molar-refractivity contribution in [2.75, 3.05) is 25.2 Å². The lowest BCUT2D eigenvalue weighted by molar-refractivity contribution is -0.174. The minimum Gasteiger partial charge on any atom is -0.372 e. The number of halogens is 3. The highest BCUT2D eigenvalue weighted by Gasteiger charge is 2.27. The summed E-state index contributed by atoms with van der Waals surface area (Å²) in [4.78, 5) is 10.8. The Bertz CT molecular complexity index is 158. The molecule has 78 valence electrons. The largest absolute Gasteiger partial charge is 0.411 e. The molecule has 0 saturated carbocycles. The van der Waals surface area contributed by atoms with Gasteiger partial charge in [-0.05, 0) is 6.26 Å². The van der Waals surface area contributed by atoms with Gasteiger partial charge in [0.15, 0.2) is 0 Å². The van der Waals surface area contributed by atoms with E-state index in [0.717, 1.165) is 0 Å². The number of rotatable bonds is 6. The Hall–Kier alpha value is -0.230. The van der Waals surface area contributed by atoms with Gasteiger partial charge in [-0.15, -0.1) is 0 Å². The first-order valence-corrected chi connectivity index (χ1v) is 5.00. The molecule has 0 aromatic rings. The van der Waals surface area contributed by atoms with Gasteiger partial charge in [-0.2, -0.15) is 24.9 Å². The van der Waals surface area contributed by atoms with Crippen molar-refractivity contribution in [3.05, 3.63) is 0 Å². The molecule has 13 heavy (non-hydrogen) atoms. The molecule has 0 aromatic carbocycles. The maximum absolute atomic E-state index is 11.5. The first-order valence-electron chi connectivity index (χ1n) is 3.61. The summed E-state index contributed by atoms with van der Waals surface area (Å²) in [6.45, 7) is -1.43. The van der Waals surface area contributed by atoms with E-state index in [4.69, 9.17) is 0 Å². The fourth-order valence-corrected chi connectivity index (χ4v) is 1.07. The predicted octanol–water partition coefficient (Wildman–Crippen LogP) is 1.89. The lowest BCUT2D eigenvalue weighted by atomic mass is 10.3. The van der Waals surface area contributed by atoms with Crippen molar-refractivity contribution < 1.29 is 22.7 Å². The Morgan fingerprint density at radius 3 is 2.54 bits per heavy atom. The third kappa shape index (κ3) is 9.69. The quantitative estimate of drug-likeness (QED) is 0.634. The zero-order valence-corrected chi connectivity index (χ0v) is 8.00. The van der Waals surface area contributed by atoms with Crippen LogP contribution in [0.2, 0.25) is 0 Å². The predicted molar refractivity (Wildman–Crippen MR) is 44.9 cm³/mol. The number of Topliss-reactive ketones (excluding diaryl/α,β-unsaturated/α-hetero) is 1. The second-order valence-electron chi connectivity index (χ2n) is 2.39. The van der Waals surface area contributed by atoms with E-state index in [0.29, 0.717) is 5.75 Å². The Morgan fingerprint density at radius 1 is 1.46 bits per heavy atom. The third-order valence-corrected chi connectivity index (χ3v) is 1.71. The van der Waals surface area contributed by atoms with Gasteiger partial charge >= 0.3 is 6.18 Å². The van der Waals surface area contributed by atoms with Crippen molar-refractivity contribution in [2.24, 2.45) is 0 Å². The Kier molecular flexibility index (Phi) is 6.15. The molecular weight excluding hydrogens is 205 g/mol. The van der Waals surface area contributed by atoms with E-state index in [1.165, 1.54) is 11.8 Å². The standard InChI is InChI=1S/C7H11F3O2S/c1-13-4-6(11)2-3-12-5-7(8,9)10/h2-5H2,1H3. The highest BCUT2D eigenvalue weighted by molar-refractivity contribution is 7.99. The molecule has 0 aliphatic rings. The fraction of sp³-hybridized carbons (Fsp3) is 0.857. The lowest BCUT2D eigenvalue weighted by Crippen LogP contribution is -2.18. The molecule has 0 heterocycles. The normalized spacial score (nSPS) is 11.7. The summed E-state index contributed by atoms with van der Waals surface area (Å²) >= 11 is 1.35. The molecule has 0 aliphatic carbocycles. The second kappa shape index (κ2) is 6.26. The van der Waals surface area contributed by atoms with E-state index in [2.05, 4.69) is 4.74 Å². The summed E-state index contributed by atoms with van der Waals surface area (Å²) in [5, 5.41) is 0. The number of hydrogen-bond acceptors (Lipinski definition) is 3. The van der Waals surface area contributed by atoms with Crippen LogP contribution >= 0.6 is 11.8 Å². The van der Waals surface area contributed by atoms with E-state index >= 15 is 0 Å². The van der Waals surface area contributed by atoms with Crippen LogP contribution in [-0.2, 0) is 9.53 Å². The molecule has 0 amide bonds. The molecule has 0 aliphatic heterocycles. The number of carbonyl (C=O) groups excluding carboxylic acids is 1. The van der Waals surface area contributed by atoms with E-state index in [1.54, 1.807) is 6.26 Å². The minimum atomic E-state index is -4.30. The molecule has 0 radical (unpaired) electrons. The molecule has 0 atom stereocenters. The van der Waals surface area contributed by atoms with Crippen LogP contribution in [0.5, 0.6) is 0 Å². The average Bonchev–Trinajstić information content (AvgIpc) is 1.97. The van der Waals surface area contributed by atoms with E-state index in [9.17, 15) is 18.0 Å². The zero-order valence-electron chi connectivity index (χ0n) is 7.19. The molecule has 0 saturated heterocycles. The topological polar surface area (TPSA) is 26.3 Å². The van der Waals surface area contributed by atoms with Crippen molar-refractivity contribution in [1.29, 1.82) is 0 Å². The Labute approximate surface area is 78.8 Å². The first kappa shape index (κ1) is 12.8. The summed E-state index contributed by atoms with van der Waals surface area (Å²) in [5.74, 6) is 0.240. The molecular formula is C7H11F3O2S. The molecule has 0 rings (SSSR count). The number of ether oxygens (including phenoxy) is 1. The lowest BCUT2D eigenvalue weighted by Gasteiger charge is -2.06. The Balaban J connectivity index is 3.31. The van der Waals surface area contributed by atoms with Gasteiger partial charge in [-0.1, -0.05) is 0 Å². The van der Waals surface area contributed by atoms with Crippen LogP contribution in [0.3, 0.4) is 0 Å². The number of carbonyl (C=O) groups is 1. The zero-order chi connectivity index (χ0) is 10.3. The summed E-state index contributed by atoms with van der Waals surface area (Å²) in [6.07, 6.45) is -2.49. The fourth-order valence-electron chi connectivity index (χ4n) is 0.607. The van der Waals surface area contributed by atoms with E-state index in [1.807, 2.05) is 0 Å². The minimum absolute atomic E-state index is 0.0525. The SMILES string of the molecule is CSCC(=O)CCOCC(F)(F)F. The number of alkyl halides is 3. The van der Waals surface area contributed by atoms with Crippen LogP contribution in [0.1, 0.15) is 6.42 Å². The van der Waals surface area contributed by atoms with Gasteiger partial charge in [-0.3, -0.25) is 4.79 Å². The maximum Gasteiger partial charge on any atom is 0.411 e. The molecule has 0 spiro atoms. The van der Waals surface area contributed by atoms with E-state index in [-0.39, 0.29) is 18.8 Å². The van der Waals surface area contributed by atoms with Crippen LogP contribution in [0.25, 0.3) is 0 Å². The summed E-state index contributed by atoms with van der Waals surface area (Å²) < 4.78 is 38.8. The number of hydrogen-bond donors (Lipinski definition) is 0. The van der Waals surface area contributed by atoms with E-state index < -0.39 is 12.8 Å². The molecule has 0 fully saturated rings. The summed E-state index contributed by atoms with van der Waals surface area (Å²) in [6, 6.07) is 0. The number of thioether (sulfide) groups is 1.